The number of hydrogen-bond donors (Lipinski definition) is 0. The van der Waals surface area contributed by atoms with Crippen molar-refractivity contribution in [3.05, 3.63) is 65.8 Å². The zero-order valence-corrected chi connectivity index (χ0v) is 17.4. The number of rotatable bonds is 5. The zero-order valence-electron chi connectivity index (χ0n) is 17.4. The molecule has 0 saturated carbocycles. The van der Waals surface area contributed by atoms with E-state index in [2.05, 4.69) is 10.1 Å². The molecule has 0 bridgehead atoms. The molecule has 0 radical (unpaired) electrons. The van der Waals surface area contributed by atoms with Crippen LogP contribution in [0.5, 0.6) is 11.5 Å². The predicted molar refractivity (Wildman–Crippen MR) is 114 cm³/mol. The number of fused-ring (bicyclic) bond motifs is 1. The fourth-order valence-electron chi connectivity index (χ4n) is 4.06. The third-order valence-corrected chi connectivity index (χ3v) is 5.69. The third kappa shape index (κ3) is 4.34. The van der Waals surface area contributed by atoms with Gasteiger partial charge in [0.05, 0.1) is 5.56 Å². The molecule has 2 aliphatic rings. The van der Waals surface area contributed by atoms with Gasteiger partial charge in [0.15, 0.2) is 11.5 Å². The third-order valence-electron chi connectivity index (χ3n) is 5.69. The lowest BCUT2D eigenvalue weighted by Gasteiger charge is -2.31. The molecule has 164 valence electrons. The Balaban J connectivity index is 1.20. The number of amides is 1. The summed E-state index contributed by atoms with van der Waals surface area (Å²) in [4.78, 5) is 18.9. The van der Waals surface area contributed by atoms with Gasteiger partial charge in [0.1, 0.15) is 5.82 Å². The summed E-state index contributed by atoms with van der Waals surface area (Å²) in [5, 5.41) is 3.92. The van der Waals surface area contributed by atoms with E-state index < -0.39 is 0 Å². The fourth-order valence-corrected chi connectivity index (χ4v) is 4.06. The molecule has 1 atom stereocenters. The van der Waals surface area contributed by atoms with Gasteiger partial charge >= 0.3 is 0 Å². The highest BCUT2D eigenvalue weighted by Crippen LogP contribution is 2.33. The molecule has 1 aromatic heterocycles. The van der Waals surface area contributed by atoms with E-state index in [1.807, 2.05) is 23.1 Å². The van der Waals surface area contributed by atoms with Gasteiger partial charge in [0.2, 0.25) is 24.4 Å². The molecule has 0 N–H and O–H groups in total. The average molecular weight is 435 g/mol. The molecule has 1 saturated heterocycles. The van der Waals surface area contributed by atoms with Gasteiger partial charge in [0.25, 0.3) is 0 Å². The van der Waals surface area contributed by atoms with Gasteiger partial charge in [-0.25, -0.2) is 4.39 Å². The van der Waals surface area contributed by atoms with Crippen LogP contribution in [0.4, 0.5) is 4.39 Å². The lowest BCUT2D eigenvalue weighted by molar-refractivity contribution is -0.127. The summed E-state index contributed by atoms with van der Waals surface area (Å²) in [6, 6.07) is 11.9. The Morgan fingerprint density at radius 1 is 1.19 bits per heavy atom. The minimum Gasteiger partial charge on any atom is -0.454 e. The number of aromatic nitrogens is 2. The Hall–Kier alpha value is -3.68. The van der Waals surface area contributed by atoms with Crippen LogP contribution in [-0.2, 0) is 11.2 Å². The molecule has 5 rings (SSSR count). The number of carbonyl (C=O) groups is 1. The SMILES string of the molecule is O=C(/C=C\c1ccc2c(c1)OCO2)N1CCCC(Cc2nc(-c3ccccc3F)no2)C1. The Labute approximate surface area is 184 Å². The van der Waals surface area contributed by atoms with Crippen molar-refractivity contribution in [1.29, 1.82) is 0 Å². The molecule has 2 aliphatic heterocycles. The van der Waals surface area contributed by atoms with Crippen LogP contribution in [0.2, 0.25) is 0 Å². The summed E-state index contributed by atoms with van der Waals surface area (Å²) in [5.74, 6) is 1.89. The number of nitrogens with zero attached hydrogens (tertiary/aromatic N) is 3. The van der Waals surface area contributed by atoms with Gasteiger partial charge in [0, 0.05) is 25.6 Å². The van der Waals surface area contributed by atoms with E-state index in [0.717, 1.165) is 18.4 Å². The topological polar surface area (TPSA) is 77.7 Å². The summed E-state index contributed by atoms with van der Waals surface area (Å²) in [7, 11) is 0. The number of piperidine rings is 1. The predicted octanol–water partition coefficient (Wildman–Crippen LogP) is 4.10. The summed E-state index contributed by atoms with van der Waals surface area (Å²) in [6.07, 6.45) is 5.79. The van der Waals surface area contributed by atoms with Gasteiger partial charge in [-0.3, -0.25) is 4.79 Å². The molecule has 8 heteroatoms. The number of ether oxygens (including phenoxy) is 2. The highest BCUT2D eigenvalue weighted by Gasteiger charge is 2.25. The van der Waals surface area contributed by atoms with Crippen molar-refractivity contribution in [1.82, 2.24) is 15.0 Å². The van der Waals surface area contributed by atoms with Crippen molar-refractivity contribution in [3.8, 4) is 22.9 Å². The molecule has 7 nitrogen and oxygen atoms in total. The number of benzene rings is 2. The first-order chi connectivity index (χ1) is 15.7. The van der Waals surface area contributed by atoms with Crippen LogP contribution in [0.15, 0.2) is 53.1 Å². The highest BCUT2D eigenvalue weighted by molar-refractivity contribution is 5.92. The minimum atomic E-state index is -0.386. The second-order valence-electron chi connectivity index (χ2n) is 7.93. The second kappa shape index (κ2) is 8.82. The summed E-state index contributed by atoms with van der Waals surface area (Å²) in [6.45, 7) is 1.55. The number of halogens is 1. The van der Waals surface area contributed by atoms with Crippen molar-refractivity contribution in [2.24, 2.45) is 5.92 Å². The molecule has 3 heterocycles. The first-order valence-corrected chi connectivity index (χ1v) is 10.6. The molecule has 3 aromatic rings. The maximum Gasteiger partial charge on any atom is 0.246 e. The summed E-state index contributed by atoms with van der Waals surface area (Å²) >= 11 is 0. The Bertz CT molecular complexity index is 1160. The Morgan fingerprint density at radius 2 is 2.06 bits per heavy atom. The summed E-state index contributed by atoms with van der Waals surface area (Å²) < 4.78 is 30.0. The molecule has 0 spiro atoms. The molecular weight excluding hydrogens is 413 g/mol. The van der Waals surface area contributed by atoms with Crippen LogP contribution < -0.4 is 9.47 Å². The van der Waals surface area contributed by atoms with Crippen LogP contribution in [0.25, 0.3) is 17.5 Å². The van der Waals surface area contributed by atoms with E-state index in [0.29, 0.717) is 42.5 Å². The van der Waals surface area contributed by atoms with Gasteiger partial charge in [-0.1, -0.05) is 23.4 Å². The maximum atomic E-state index is 14.0. The number of carbonyl (C=O) groups excluding carboxylic acids is 1. The van der Waals surface area contributed by atoms with E-state index in [1.54, 1.807) is 30.4 Å². The van der Waals surface area contributed by atoms with Gasteiger partial charge in [-0.15, -0.1) is 0 Å². The highest BCUT2D eigenvalue weighted by atomic mass is 19.1. The van der Waals surface area contributed by atoms with E-state index >= 15 is 0 Å². The van der Waals surface area contributed by atoms with Crippen molar-refractivity contribution in [2.45, 2.75) is 19.3 Å². The molecule has 0 aliphatic carbocycles. The zero-order chi connectivity index (χ0) is 21.9. The molecule has 32 heavy (non-hydrogen) atoms. The van der Waals surface area contributed by atoms with Crippen LogP contribution >= 0.6 is 0 Å². The lowest BCUT2D eigenvalue weighted by Crippen LogP contribution is -2.39. The fraction of sp³-hybridized carbons (Fsp3) is 0.292. The van der Waals surface area contributed by atoms with E-state index in [-0.39, 0.29) is 30.3 Å². The minimum absolute atomic E-state index is 0.0371. The van der Waals surface area contributed by atoms with Crippen LogP contribution in [0, 0.1) is 11.7 Å². The van der Waals surface area contributed by atoms with Crippen molar-refractivity contribution < 1.29 is 23.2 Å². The van der Waals surface area contributed by atoms with E-state index in [4.69, 9.17) is 14.0 Å². The van der Waals surface area contributed by atoms with Crippen molar-refractivity contribution in [3.63, 3.8) is 0 Å². The monoisotopic (exact) mass is 435 g/mol. The van der Waals surface area contributed by atoms with E-state index in [1.165, 1.54) is 6.07 Å². The first-order valence-electron chi connectivity index (χ1n) is 10.6. The number of likely N-dealkylation sites (tertiary alicyclic amines) is 1. The van der Waals surface area contributed by atoms with Crippen LogP contribution in [0.3, 0.4) is 0 Å². The van der Waals surface area contributed by atoms with E-state index in [9.17, 15) is 9.18 Å². The quantitative estimate of drug-likeness (QED) is 0.562. The van der Waals surface area contributed by atoms with Crippen molar-refractivity contribution in [2.75, 3.05) is 19.9 Å². The number of hydrogen-bond acceptors (Lipinski definition) is 6. The summed E-state index contributed by atoms with van der Waals surface area (Å²) in [5.41, 5.74) is 1.19. The van der Waals surface area contributed by atoms with Gasteiger partial charge in [-0.05, 0) is 54.7 Å². The first kappa shape index (κ1) is 20.2. The van der Waals surface area contributed by atoms with Crippen LogP contribution in [0.1, 0.15) is 24.3 Å². The normalized spacial score (nSPS) is 17.8. The molecule has 1 unspecified atom stereocenters. The molecule has 1 amide bonds. The standard InChI is InChI=1S/C24H22FN3O4/c25-19-6-2-1-5-18(19)24-26-22(32-27-24)13-17-4-3-11-28(14-17)23(29)10-8-16-7-9-20-21(12-16)31-15-30-20/h1-2,5-10,12,17H,3-4,11,13-15H2/b10-8-. The Morgan fingerprint density at radius 3 is 2.97 bits per heavy atom. The Kier molecular flexibility index (Phi) is 5.58. The van der Waals surface area contributed by atoms with Crippen LogP contribution in [-0.4, -0.2) is 40.8 Å². The lowest BCUT2D eigenvalue weighted by atomic mass is 9.94. The average Bonchev–Trinajstić information content (AvgIpc) is 3.47. The maximum absolute atomic E-state index is 14.0. The molecule has 2 aromatic carbocycles. The molecule has 1 fully saturated rings. The second-order valence-corrected chi connectivity index (χ2v) is 7.93. The van der Waals surface area contributed by atoms with Crippen molar-refractivity contribution >= 4 is 12.0 Å². The molecular formula is C24H22FN3O4. The smallest absolute Gasteiger partial charge is 0.246 e. The largest absolute Gasteiger partial charge is 0.454 e. The van der Waals surface area contributed by atoms with Gasteiger partial charge < -0.3 is 18.9 Å². The van der Waals surface area contributed by atoms with Gasteiger partial charge in [-0.2, -0.15) is 4.98 Å².